The third-order valence-corrected chi connectivity index (χ3v) is 8.81. The van der Waals surface area contributed by atoms with Crippen molar-refractivity contribution in [3.63, 3.8) is 0 Å². The molecule has 58 heavy (non-hydrogen) atoms. The number of carbonyl (C=O) groups is 1. The van der Waals surface area contributed by atoms with Crippen LogP contribution in [0.5, 0.6) is 23.3 Å². The Balaban J connectivity index is 0.000000177. The molecule has 17 nitrogen and oxygen atoms in total. The number of hydrogen-bond donors (Lipinski definition) is 3. The summed E-state index contributed by atoms with van der Waals surface area (Å²) in [5, 5.41) is 24.5. The molecule has 294 valence electrons. The SMILES string of the molecule is COC(=O)c1cccc(-c2cc(Nc3ccc(OC)c(OC)n3)c3ncnn3c2)c1.COc1ccc(Nc2cc(-c3cccc(CO)c3)cn3ncnc23)nc1OC. The zero-order valence-electron chi connectivity index (χ0n) is 32.1. The van der Waals surface area contributed by atoms with Crippen LogP contribution < -0.4 is 29.6 Å². The lowest BCUT2D eigenvalue weighted by atomic mass is 10.0. The van der Waals surface area contributed by atoms with Crippen molar-refractivity contribution in [3.8, 4) is 45.5 Å². The number of carbonyl (C=O) groups excluding carboxylic acids is 1. The van der Waals surface area contributed by atoms with Gasteiger partial charge < -0.3 is 39.4 Å². The number of ether oxygens (including phenoxy) is 5. The number of nitrogens with zero attached hydrogens (tertiary/aromatic N) is 8. The highest BCUT2D eigenvalue weighted by molar-refractivity contribution is 5.91. The lowest BCUT2D eigenvalue weighted by molar-refractivity contribution is 0.0600. The quantitative estimate of drug-likeness (QED) is 0.115. The van der Waals surface area contributed by atoms with Crippen molar-refractivity contribution >= 4 is 40.3 Å². The molecule has 6 heterocycles. The molecule has 0 amide bonds. The van der Waals surface area contributed by atoms with E-state index in [1.165, 1.54) is 26.9 Å². The number of methoxy groups -OCH3 is 5. The van der Waals surface area contributed by atoms with Gasteiger partial charge in [-0.05, 0) is 71.3 Å². The first-order chi connectivity index (χ1) is 28.3. The van der Waals surface area contributed by atoms with Crippen LogP contribution >= 0.6 is 0 Å². The minimum absolute atomic E-state index is 0.0138. The van der Waals surface area contributed by atoms with Gasteiger partial charge in [0.05, 0.1) is 59.1 Å². The normalized spacial score (nSPS) is 10.7. The summed E-state index contributed by atoms with van der Waals surface area (Å²) < 4.78 is 29.2. The van der Waals surface area contributed by atoms with E-state index in [1.807, 2.05) is 54.9 Å². The molecule has 0 aliphatic carbocycles. The molecule has 0 saturated heterocycles. The highest BCUT2D eigenvalue weighted by atomic mass is 16.5. The molecule has 6 aromatic heterocycles. The molecule has 0 radical (unpaired) electrons. The van der Waals surface area contributed by atoms with Gasteiger partial charge in [-0.3, -0.25) is 0 Å². The van der Waals surface area contributed by atoms with Crippen LogP contribution in [0.25, 0.3) is 33.5 Å². The lowest BCUT2D eigenvalue weighted by Gasteiger charge is -2.12. The van der Waals surface area contributed by atoms with Crippen LogP contribution in [0.4, 0.5) is 23.0 Å². The molecule has 3 N–H and O–H groups in total. The predicted molar refractivity (Wildman–Crippen MR) is 215 cm³/mol. The van der Waals surface area contributed by atoms with E-state index in [1.54, 1.807) is 72.8 Å². The average Bonchev–Trinajstić information content (AvgIpc) is 3.97. The number of esters is 1. The van der Waals surface area contributed by atoms with Crippen LogP contribution in [0, 0.1) is 0 Å². The number of pyridine rings is 4. The van der Waals surface area contributed by atoms with E-state index >= 15 is 0 Å². The van der Waals surface area contributed by atoms with Gasteiger partial charge in [0.15, 0.2) is 22.8 Å². The van der Waals surface area contributed by atoms with Crippen molar-refractivity contribution < 1.29 is 33.6 Å². The van der Waals surface area contributed by atoms with Crippen LogP contribution in [0.1, 0.15) is 15.9 Å². The number of hydrogen-bond acceptors (Lipinski definition) is 15. The molecule has 17 heteroatoms. The molecule has 8 rings (SSSR count). The first-order valence-corrected chi connectivity index (χ1v) is 17.6. The number of aromatic nitrogens is 8. The Kier molecular flexibility index (Phi) is 11.5. The van der Waals surface area contributed by atoms with Crippen molar-refractivity contribution in [1.82, 2.24) is 39.2 Å². The Labute approximate surface area is 331 Å². The minimum Gasteiger partial charge on any atom is -0.491 e. The van der Waals surface area contributed by atoms with E-state index in [0.717, 1.165) is 33.5 Å². The molecule has 0 unspecified atom stereocenters. The molecule has 0 aliphatic rings. The largest absolute Gasteiger partial charge is 0.491 e. The molecule has 0 fully saturated rings. The molecule has 0 bridgehead atoms. The molecule has 0 aliphatic heterocycles. The number of fused-ring (bicyclic) bond motifs is 2. The van der Waals surface area contributed by atoms with Crippen molar-refractivity contribution in [2.24, 2.45) is 0 Å². The molecule has 0 atom stereocenters. The van der Waals surface area contributed by atoms with Crippen LogP contribution in [0.2, 0.25) is 0 Å². The van der Waals surface area contributed by atoms with E-state index in [0.29, 0.717) is 57.4 Å². The highest BCUT2D eigenvalue weighted by Crippen LogP contribution is 2.33. The van der Waals surface area contributed by atoms with Crippen molar-refractivity contribution in [3.05, 3.63) is 121 Å². The summed E-state index contributed by atoms with van der Waals surface area (Å²) in [6, 6.07) is 25.9. The van der Waals surface area contributed by atoms with Crippen LogP contribution in [-0.4, -0.2) is 85.8 Å². The van der Waals surface area contributed by atoms with Gasteiger partial charge in [-0.1, -0.05) is 30.3 Å². The lowest BCUT2D eigenvalue weighted by Crippen LogP contribution is -2.02. The number of rotatable bonds is 12. The maximum Gasteiger partial charge on any atom is 0.337 e. The summed E-state index contributed by atoms with van der Waals surface area (Å²) in [6.45, 7) is -0.0138. The van der Waals surface area contributed by atoms with E-state index in [9.17, 15) is 9.90 Å². The number of benzene rings is 2. The summed E-state index contributed by atoms with van der Waals surface area (Å²) in [5.74, 6) is 2.58. The van der Waals surface area contributed by atoms with Crippen molar-refractivity contribution in [1.29, 1.82) is 0 Å². The number of nitrogens with one attached hydrogen (secondary N) is 2. The summed E-state index contributed by atoms with van der Waals surface area (Å²) in [5.41, 5.74) is 7.58. The van der Waals surface area contributed by atoms with Crippen LogP contribution in [0.15, 0.2) is 110 Å². The van der Waals surface area contributed by atoms with E-state index < -0.39 is 5.97 Å². The van der Waals surface area contributed by atoms with Gasteiger partial charge in [0.2, 0.25) is 0 Å². The standard InChI is InChI=1S/C21H19N5O4.C20H19N5O3/c1-28-17-7-8-18(25-20(17)29-2)24-16-10-15(11-26-19(16)22-12-23-26)13-5-4-6-14(9-13)21(27)30-3;1-27-17-6-7-18(24-20(17)28-2)23-16-9-15(10-25-19(16)21-12-22-25)14-5-3-4-13(8-14)11-26/h4-12H,1-3H3,(H,24,25);3-10,12,26H,11H2,1-2H3,(H,23,24). The fourth-order valence-corrected chi connectivity index (χ4v) is 6.02. The Bertz CT molecular complexity index is 2720. The maximum atomic E-state index is 11.9. The second kappa shape index (κ2) is 17.3. The Morgan fingerprint density at radius 3 is 1.62 bits per heavy atom. The van der Waals surface area contributed by atoms with E-state index in [2.05, 4.69) is 40.8 Å². The van der Waals surface area contributed by atoms with Gasteiger partial charge in [0, 0.05) is 23.5 Å². The highest BCUT2D eigenvalue weighted by Gasteiger charge is 2.15. The molecule has 0 spiro atoms. The van der Waals surface area contributed by atoms with Crippen LogP contribution in [-0.2, 0) is 11.3 Å². The molecular formula is C41H38N10O7. The zero-order valence-corrected chi connectivity index (χ0v) is 32.1. The van der Waals surface area contributed by atoms with Crippen molar-refractivity contribution in [2.75, 3.05) is 46.2 Å². The first-order valence-electron chi connectivity index (χ1n) is 17.6. The first kappa shape index (κ1) is 38.5. The Morgan fingerprint density at radius 2 is 1.14 bits per heavy atom. The summed E-state index contributed by atoms with van der Waals surface area (Å²) >= 11 is 0. The van der Waals surface area contributed by atoms with Gasteiger partial charge in [0.1, 0.15) is 24.3 Å². The van der Waals surface area contributed by atoms with Gasteiger partial charge in [-0.15, -0.1) is 0 Å². The predicted octanol–water partition coefficient (Wildman–Crippen LogP) is 6.38. The maximum absolute atomic E-state index is 11.9. The fourth-order valence-electron chi connectivity index (χ4n) is 6.02. The zero-order chi connectivity index (χ0) is 40.6. The van der Waals surface area contributed by atoms with Gasteiger partial charge in [0.25, 0.3) is 11.8 Å². The second-order valence-electron chi connectivity index (χ2n) is 12.3. The Morgan fingerprint density at radius 1 is 0.621 bits per heavy atom. The minimum atomic E-state index is -0.397. The molecule has 0 saturated carbocycles. The number of anilines is 4. The summed E-state index contributed by atoms with van der Waals surface area (Å²) in [7, 11) is 7.55. The number of aliphatic hydroxyl groups excluding tert-OH is 1. The fraction of sp³-hybridized carbons (Fsp3) is 0.146. The van der Waals surface area contributed by atoms with Gasteiger partial charge >= 0.3 is 5.97 Å². The Hall–Kier alpha value is -7.79. The third kappa shape index (κ3) is 8.24. The van der Waals surface area contributed by atoms with Crippen LogP contribution in [0.3, 0.4) is 0 Å². The second-order valence-corrected chi connectivity index (χ2v) is 12.3. The number of aliphatic hydroxyl groups is 1. The monoisotopic (exact) mass is 782 g/mol. The smallest absolute Gasteiger partial charge is 0.337 e. The molecular weight excluding hydrogens is 745 g/mol. The summed E-state index contributed by atoms with van der Waals surface area (Å²) in [6.07, 6.45) is 6.70. The van der Waals surface area contributed by atoms with E-state index in [4.69, 9.17) is 23.7 Å². The topological polar surface area (TPSA) is 194 Å². The summed E-state index contributed by atoms with van der Waals surface area (Å²) in [4.78, 5) is 29.4. The third-order valence-electron chi connectivity index (χ3n) is 8.81. The average molecular weight is 783 g/mol. The van der Waals surface area contributed by atoms with Gasteiger partial charge in [-0.25, -0.2) is 23.8 Å². The molecule has 8 aromatic rings. The molecule has 2 aromatic carbocycles. The van der Waals surface area contributed by atoms with E-state index in [-0.39, 0.29) is 6.61 Å². The van der Waals surface area contributed by atoms with Gasteiger partial charge in [-0.2, -0.15) is 20.2 Å². The van der Waals surface area contributed by atoms with Crippen molar-refractivity contribution in [2.45, 2.75) is 6.61 Å².